The Morgan fingerprint density at radius 3 is 2.35 bits per heavy atom. The van der Waals surface area contributed by atoms with Crippen molar-refractivity contribution in [1.82, 2.24) is 9.21 Å². The van der Waals surface area contributed by atoms with Crippen molar-refractivity contribution < 1.29 is 40.9 Å². The van der Waals surface area contributed by atoms with Gasteiger partial charge in [0.15, 0.2) is 0 Å². The topological polar surface area (TPSA) is 152 Å². The van der Waals surface area contributed by atoms with Gasteiger partial charge in [0.2, 0.25) is 10.0 Å². The molecule has 3 aromatic carbocycles. The highest BCUT2D eigenvalue weighted by Crippen LogP contribution is 2.30. The normalized spacial score (nSPS) is 20.5. The van der Waals surface area contributed by atoms with Gasteiger partial charge in [0, 0.05) is 38.3 Å². The third kappa shape index (κ3) is 9.73. The van der Waals surface area contributed by atoms with E-state index in [9.17, 15) is 26.7 Å². The standard InChI is InChI=1S/C35H47N3O9S2/c1-25-22-38(26(2)24-39)35(40)32-21-28(36-48(41,42)30-17-15-29(45-5)16-18-30)14-19-33(32)47-27(3)11-9-10-20-46-34(25)23-37(4)49(43,44)31-12-7-6-8-13-31/h6-8,12-19,21,25-27,34,36,39H,9-11,20,22-24H2,1-5H3/t25-,26-,27-,34+/m1/s1. The zero-order valence-electron chi connectivity index (χ0n) is 28.6. The van der Waals surface area contributed by atoms with Crippen molar-refractivity contribution in [3.05, 3.63) is 78.4 Å². The minimum absolute atomic E-state index is 0.0132. The van der Waals surface area contributed by atoms with Crippen LogP contribution < -0.4 is 14.2 Å². The Balaban J connectivity index is 1.67. The molecule has 49 heavy (non-hydrogen) atoms. The first kappa shape index (κ1) is 38.1. The molecule has 2 N–H and O–H groups in total. The van der Waals surface area contributed by atoms with Crippen LogP contribution in [0.1, 0.15) is 50.4 Å². The Bertz CT molecular complexity index is 1750. The molecule has 1 aliphatic heterocycles. The summed E-state index contributed by atoms with van der Waals surface area (Å²) in [6, 6.07) is 18.0. The summed E-state index contributed by atoms with van der Waals surface area (Å²) in [5.74, 6) is -0.0608. The van der Waals surface area contributed by atoms with Gasteiger partial charge in [0.25, 0.3) is 15.9 Å². The van der Waals surface area contributed by atoms with Gasteiger partial charge in [-0.2, -0.15) is 4.31 Å². The number of hydrogen-bond acceptors (Lipinski definition) is 9. The molecule has 268 valence electrons. The summed E-state index contributed by atoms with van der Waals surface area (Å²) < 4.78 is 74.7. The Labute approximate surface area is 290 Å². The molecule has 14 heteroatoms. The van der Waals surface area contributed by atoms with Crippen LogP contribution in [-0.4, -0.2) is 95.8 Å². The zero-order chi connectivity index (χ0) is 35.8. The summed E-state index contributed by atoms with van der Waals surface area (Å²) in [5, 5.41) is 10.2. The number of anilines is 1. The fourth-order valence-electron chi connectivity index (χ4n) is 5.54. The van der Waals surface area contributed by atoms with Crippen LogP contribution in [0.3, 0.4) is 0 Å². The van der Waals surface area contributed by atoms with E-state index in [-0.39, 0.29) is 58.5 Å². The summed E-state index contributed by atoms with van der Waals surface area (Å²) in [6.45, 7) is 5.67. The van der Waals surface area contributed by atoms with Gasteiger partial charge < -0.3 is 24.2 Å². The van der Waals surface area contributed by atoms with Gasteiger partial charge in [0.1, 0.15) is 11.5 Å². The number of methoxy groups -OCH3 is 1. The van der Waals surface area contributed by atoms with Gasteiger partial charge in [-0.1, -0.05) is 25.1 Å². The zero-order valence-corrected chi connectivity index (χ0v) is 30.2. The molecule has 0 radical (unpaired) electrons. The lowest BCUT2D eigenvalue weighted by Gasteiger charge is -2.35. The molecule has 1 amide bonds. The van der Waals surface area contributed by atoms with E-state index >= 15 is 0 Å². The van der Waals surface area contributed by atoms with Crippen LogP contribution in [0, 0.1) is 5.92 Å². The molecule has 0 spiro atoms. The van der Waals surface area contributed by atoms with Gasteiger partial charge in [-0.25, -0.2) is 16.8 Å². The lowest BCUT2D eigenvalue weighted by Crippen LogP contribution is -2.48. The molecule has 1 heterocycles. The second-order valence-corrected chi connectivity index (χ2v) is 16.1. The Morgan fingerprint density at radius 1 is 1.00 bits per heavy atom. The number of carbonyl (C=O) groups is 1. The quantitative estimate of drug-likeness (QED) is 0.306. The third-order valence-electron chi connectivity index (χ3n) is 8.56. The first-order valence-electron chi connectivity index (χ1n) is 16.3. The Morgan fingerprint density at radius 2 is 1.69 bits per heavy atom. The maximum Gasteiger partial charge on any atom is 0.261 e. The summed E-state index contributed by atoms with van der Waals surface area (Å²) >= 11 is 0. The van der Waals surface area contributed by atoms with E-state index in [0.717, 1.165) is 6.42 Å². The number of likely N-dealkylation sites (N-methyl/N-ethyl adjacent to an activating group) is 1. The van der Waals surface area contributed by atoms with Crippen LogP contribution in [0.4, 0.5) is 5.69 Å². The molecule has 4 rings (SSSR count). The number of rotatable bonds is 10. The van der Waals surface area contributed by atoms with Gasteiger partial charge in [-0.3, -0.25) is 9.52 Å². The smallest absolute Gasteiger partial charge is 0.261 e. The molecular weight excluding hydrogens is 671 g/mol. The van der Waals surface area contributed by atoms with Crippen LogP contribution in [-0.2, 0) is 24.8 Å². The number of amides is 1. The van der Waals surface area contributed by atoms with Crippen molar-refractivity contribution in [3.8, 4) is 11.5 Å². The molecule has 0 bridgehead atoms. The van der Waals surface area contributed by atoms with E-state index in [0.29, 0.717) is 25.2 Å². The monoisotopic (exact) mass is 717 g/mol. The Hall–Kier alpha value is -3.69. The van der Waals surface area contributed by atoms with Gasteiger partial charge in [-0.05, 0) is 87.7 Å². The number of aliphatic hydroxyl groups excluding tert-OH is 1. The predicted molar refractivity (Wildman–Crippen MR) is 187 cm³/mol. The minimum Gasteiger partial charge on any atom is -0.497 e. The molecular formula is C35H47N3O9S2. The number of sulfonamides is 2. The third-order valence-corrected chi connectivity index (χ3v) is 11.8. The molecule has 12 nitrogen and oxygen atoms in total. The largest absolute Gasteiger partial charge is 0.497 e. The average Bonchev–Trinajstić information content (AvgIpc) is 3.09. The van der Waals surface area contributed by atoms with Crippen LogP contribution in [0.15, 0.2) is 82.6 Å². The number of carbonyl (C=O) groups excluding carboxylic acids is 1. The average molecular weight is 718 g/mol. The number of aliphatic hydroxyl groups is 1. The highest BCUT2D eigenvalue weighted by Gasteiger charge is 2.32. The lowest BCUT2D eigenvalue weighted by molar-refractivity contribution is -0.00833. The lowest BCUT2D eigenvalue weighted by atomic mass is 10.0. The molecule has 0 aromatic heterocycles. The van der Waals surface area contributed by atoms with Crippen LogP contribution in [0.25, 0.3) is 0 Å². The fourth-order valence-corrected chi connectivity index (χ4v) is 7.80. The van der Waals surface area contributed by atoms with Crippen molar-refractivity contribution >= 4 is 31.6 Å². The van der Waals surface area contributed by atoms with E-state index in [1.54, 1.807) is 49.4 Å². The summed E-state index contributed by atoms with van der Waals surface area (Å²) in [7, 11) is -4.83. The molecule has 0 aliphatic carbocycles. The summed E-state index contributed by atoms with van der Waals surface area (Å²) in [5.41, 5.74) is 0.270. The van der Waals surface area contributed by atoms with Crippen LogP contribution in [0.2, 0.25) is 0 Å². The number of fused-ring (bicyclic) bond motifs is 1. The highest BCUT2D eigenvalue weighted by atomic mass is 32.2. The predicted octanol–water partition coefficient (Wildman–Crippen LogP) is 4.61. The molecule has 3 aromatic rings. The first-order chi connectivity index (χ1) is 23.3. The second-order valence-electron chi connectivity index (χ2n) is 12.4. The highest BCUT2D eigenvalue weighted by molar-refractivity contribution is 7.92. The Kier molecular flexibility index (Phi) is 13.1. The van der Waals surface area contributed by atoms with Crippen molar-refractivity contribution in [1.29, 1.82) is 0 Å². The maximum absolute atomic E-state index is 14.4. The molecule has 0 saturated heterocycles. The van der Waals surface area contributed by atoms with Gasteiger partial charge in [0.05, 0.1) is 47.3 Å². The van der Waals surface area contributed by atoms with E-state index in [1.807, 2.05) is 13.8 Å². The van der Waals surface area contributed by atoms with Gasteiger partial charge in [-0.15, -0.1) is 0 Å². The maximum atomic E-state index is 14.4. The molecule has 0 saturated carbocycles. The van der Waals surface area contributed by atoms with Crippen LogP contribution >= 0.6 is 0 Å². The number of ether oxygens (including phenoxy) is 3. The van der Waals surface area contributed by atoms with E-state index < -0.39 is 38.1 Å². The van der Waals surface area contributed by atoms with Crippen molar-refractivity contribution in [3.63, 3.8) is 0 Å². The number of nitrogens with one attached hydrogen (secondary N) is 1. The van der Waals surface area contributed by atoms with E-state index in [2.05, 4.69) is 4.72 Å². The number of nitrogens with zero attached hydrogens (tertiary/aromatic N) is 2. The first-order valence-corrected chi connectivity index (χ1v) is 19.2. The van der Waals surface area contributed by atoms with E-state index in [4.69, 9.17) is 14.2 Å². The van der Waals surface area contributed by atoms with E-state index in [1.165, 1.54) is 53.7 Å². The van der Waals surface area contributed by atoms with Crippen LogP contribution in [0.5, 0.6) is 11.5 Å². The van der Waals surface area contributed by atoms with Gasteiger partial charge >= 0.3 is 0 Å². The minimum atomic E-state index is -4.02. The fraction of sp³-hybridized carbons (Fsp3) is 0.457. The molecule has 1 aliphatic rings. The molecule has 4 atom stereocenters. The molecule has 0 fully saturated rings. The second kappa shape index (κ2) is 16.8. The summed E-state index contributed by atoms with van der Waals surface area (Å²) in [6.07, 6.45) is 1.26. The van der Waals surface area contributed by atoms with Crippen molar-refractivity contribution in [2.24, 2.45) is 5.92 Å². The van der Waals surface area contributed by atoms with Crippen molar-refractivity contribution in [2.45, 2.75) is 68.1 Å². The van der Waals surface area contributed by atoms with Crippen molar-refractivity contribution in [2.75, 3.05) is 45.2 Å². The molecule has 0 unspecified atom stereocenters. The number of hydrogen-bond donors (Lipinski definition) is 2. The number of benzene rings is 3. The SMILES string of the molecule is COc1ccc(S(=O)(=O)Nc2ccc3c(c2)C(=O)N([C@H](C)CO)C[C@@H](C)[C@H](CN(C)S(=O)(=O)c2ccccc2)OCCCC[C@@H](C)O3)cc1. The summed E-state index contributed by atoms with van der Waals surface area (Å²) in [4.78, 5) is 16.1.